The SMILES string of the molecule is CC(CN)CN1CCCN(CC(=O)N(C)C)CC1. The van der Waals surface area contributed by atoms with Gasteiger partial charge in [-0.2, -0.15) is 0 Å². The highest BCUT2D eigenvalue weighted by Crippen LogP contribution is 2.06. The van der Waals surface area contributed by atoms with Gasteiger partial charge in [-0.05, 0) is 32.0 Å². The molecule has 1 unspecified atom stereocenters. The Kier molecular flexibility index (Phi) is 6.60. The molecule has 0 radical (unpaired) electrons. The minimum atomic E-state index is 0.193. The van der Waals surface area contributed by atoms with Crippen LogP contribution in [0.25, 0.3) is 0 Å². The van der Waals surface area contributed by atoms with Gasteiger partial charge in [-0.25, -0.2) is 0 Å². The van der Waals surface area contributed by atoms with E-state index in [1.54, 1.807) is 4.90 Å². The smallest absolute Gasteiger partial charge is 0.236 e. The summed E-state index contributed by atoms with van der Waals surface area (Å²) in [6.07, 6.45) is 1.14. The number of likely N-dealkylation sites (N-methyl/N-ethyl adjacent to an activating group) is 1. The molecule has 0 aromatic carbocycles. The lowest BCUT2D eigenvalue weighted by Crippen LogP contribution is -2.39. The zero-order chi connectivity index (χ0) is 13.5. The average molecular weight is 256 g/mol. The number of nitrogens with two attached hydrogens (primary N) is 1. The Morgan fingerprint density at radius 2 is 1.83 bits per heavy atom. The molecule has 2 N–H and O–H groups in total. The van der Waals surface area contributed by atoms with Crippen LogP contribution < -0.4 is 5.73 Å². The molecular formula is C13H28N4O. The Bertz CT molecular complexity index is 257. The lowest BCUT2D eigenvalue weighted by molar-refractivity contribution is -0.129. The van der Waals surface area contributed by atoms with Crippen LogP contribution in [-0.2, 0) is 4.79 Å². The van der Waals surface area contributed by atoms with E-state index in [9.17, 15) is 4.79 Å². The van der Waals surface area contributed by atoms with Crippen molar-refractivity contribution in [1.82, 2.24) is 14.7 Å². The second kappa shape index (κ2) is 7.71. The van der Waals surface area contributed by atoms with Gasteiger partial charge in [0.1, 0.15) is 0 Å². The minimum Gasteiger partial charge on any atom is -0.348 e. The number of nitrogens with zero attached hydrogens (tertiary/aromatic N) is 3. The van der Waals surface area contributed by atoms with Crippen LogP contribution in [0.3, 0.4) is 0 Å². The van der Waals surface area contributed by atoms with Gasteiger partial charge in [0.15, 0.2) is 0 Å². The van der Waals surface area contributed by atoms with Gasteiger partial charge in [0.05, 0.1) is 6.54 Å². The van der Waals surface area contributed by atoms with Gasteiger partial charge in [-0.15, -0.1) is 0 Å². The van der Waals surface area contributed by atoms with Crippen LogP contribution >= 0.6 is 0 Å². The molecule has 5 heteroatoms. The third kappa shape index (κ3) is 5.33. The maximum Gasteiger partial charge on any atom is 0.236 e. The first-order valence-corrected chi connectivity index (χ1v) is 6.88. The van der Waals surface area contributed by atoms with Crippen LogP contribution in [0.4, 0.5) is 0 Å². The molecule has 1 aliphatic rings. The van der Waals surface area contributed by atoms with Crippen molar-refractivity contribution in [1.29, 1.82) is 0 Å². The van der Waals surface area contributed by atoms with Crippen molar-refractivity contribution in [2.75, 3.05) is 59.9 Å². The van der Waals surface area contributed by atoms with Crippen molar-refractivity contribution in [3.63, 3.8) is 0 Å². The molecular weight excluding hydrogens is 228 g/mol. The van der Waals surface area contributed by atoms with Crippen LogP contribution in [-0.4, -0.2) is 80.5 Å². The van der Waals surface area contributed by atoms with Gasteiger partial charge in [0.2, 0.25) is 5.91 Å². The second-order valence-electron chi connectivity index (χ2n) is 5.56. The molecule has 0 aliphatic carbocycles. The third-order valence-electron chi connectivity index (χ3n) is 3.51. The monoisotopic (exact) mass is 256 g/mol. The Balaban J connectivity index is 2.34. The fraction of sp³-hybridized carbons (Fsp3) is 0.923. The van der Waals surface area contributed by atoms with Gasteiger partial charge in [0, 0.05) is 33.7 Å². The first-order valence-electron chi connectivity index (χ1n) is 6.88. The summed E-state index contributed by atoms with van der Waals surface area (Å²) in [6.45, 7) is 8.74. The van der Waals surface area contributed by atoms with Gasteiger partial charge in [-0.3, -0.25) is 9.69 Å². The molecule has 0 aromatic rings. The summed E-state index contributed by atoms with van der Waals surface area (Å²) in [5.41, 5.74) is 5.67. The molecule has 106 valence electrons. The molecule has 1 heterocycles. The Morgan fingerprint density at radius 3 is 2.44 bits per heavy atom. The highest BCUT2D eigenvalue weighted by Gasteiger charge is 2.18. The zero-order valence-electron chi connectivity index (χ0n) is 12.1. The van der Waals surface area contributed by atoms with E-state index < -0.39 is 0 Å². The van der Waals surface area contributed by atoms with E-state index in [0.29, 0.717) is 12.5 Å². The molecule has 0 spiro atoms. The predicted molar refractivity (Wildman–Crippen MR) is 74.4 cm³/mol. The van der Waals surface area contributed by atoms with Crippen molar-refractivity contribution in [3.05, 3.63) is 0 Å². The van der Waals surface area contributed by atoms with Crippen LogP contribution in [0.2, 0.25) is 0 Å². The fourth-order valence-electron chi connectivity index (χ4n) is 2.21. The maximum absolute atomic E-state index is 11.7. The summed E-state index contributed by atoms with van der Waals surface area (Å²) < 4.78 is 0. The van der Waals surface area contributed by atoms with Crippen molar-refractivity contribution < 1.29 is 4.79 Å². The summed E-state index contributed by atoms with van der Waals surface area (Å²) in [7, 11) is 3.63. The van der Waals surface area contributed by atoms with Gasteiger partial charge in [0.25, 0.3) is 0 Å². The van der Waals surface area contributed by atoms with Crippen molar-refractivity contribution in [3.8, 4) is 0 Å². The minimum absolute atomic E-state index is 0.193. The lowest BCUT2D eigenvalue weighted by atomic mass is 10.1. The Morgan fingerprint density at radius 1 is 1.22 bits per heavy atom. The summed E-state index contributed by atoms with van der Waals surface area (Å²) in [5, 5.41) is 0. The van der Waals surface area contributed by atoms with Crippen LogP contribution in [0.5, 0.6) is 0 Å². The number of rotatable bonds is 5. The molecule has 1 amide bonds. The van der Waals surface area contributed by atoms with E-state index >= 15 is 0 Å². The fourth-order valence-corrected chi connectivity index (χ4v) is 2.21. The molecule has 1 atom stereocenters. The first-order chi connectivity index (χ1) is 8.52. The maximum atomic E-state index is 11.7. The Hall–Kier alpha value is -0.650. The van der Waals surface area contributed by atoms with Crippen molar-refractivity contribution in [2.45, 2.75) is 13.3 Å². The second-order valence-corrected chi connectivity index (χ2v) is 5.56. The molecule has 18 heavy (non-hydrogen) atoms. The summed E-state index contributed by atoms with van der Waals surface area (Å²) in [4.78, 5) is 18.1. The Labute approximate surface area is 111 Å². The average Bonchev–Trinajstić information content (AvgIpc) is 2.54. The van der Waals surface area contributed by atoms with E-state index in [4.69, 9.17) is 5.73 Å². The molecule has 0 saturated carbocycles. The number of hydrogen-bond acceptors (Lipinski definition) is 4. The topological polar surface area (TPSA) is 52.8 Å². The number of hydrogen-bond donors (Lipinski definition) is 1. The molecule has 5 nitrogen and oxygen atoms in total. The van der Waals surface area contributed by atoms with Gasteiger partial charge in [-0.1, -0.05) is 6.92 Å². The van der Waals surface area contributed by atoms with Crippen molar-refractivity contribution >= 4 is 5.91 Å². The van der Waals surface area contributed by atoms with Gasteiger partial charge < -0.3 is 15.5 Å². The van der Waals surface area contributed by atoms with Crippen LogP contribution in [0.1, 0.15) is 13.3 Å². The van der Waals surface area contributed by atoms with Gasteiger partial charge >= 0.3 is 0 Å². The normalized spacial score (nSPS) is 20.4. The third-order valence-corrected chi connectivity index (χ3v) is 3.51. The molecule has 0 bridgehead atoms. The van der Waals surface area contributed by atoms with Crippen molar-refractivity contribution in [2.24, 2.45) is 11.7 Å². The van der Waals surface area contributed by atoms with Crippen LogP contribution in [0, 0.1) is 5.92 Å². The zero-order valence-corrected chi connectivity index (χ0v) is 12.1. The van der Waals surface area contributed by atoms with E-state index in [0.717, 1.165) is 45.7 Å². The summed E-state index contributed by atoms with van der Waals surface area (Å²) in [6, 6.07) is 0. The first kappa shape index (κ1) is 15.4. The standard InChI is InChI=1S/C13H28N4O/c1-12(9-14)10-16-5-4-6-17(8-7-16)11-13(18)15(2)3/h12H,4-11,14H2,1-3H3. The number of carbonyl (C=O) groups is 1. The number of amides is 1. The predicted octanol–water partition coefficient (Wildman–Crippen LogP) is -0.323. The lowest BCUT2D eigenvalue weighted by Gasteiger charge is -2.24. The summed E-state index contributed by atoms with van der Waals surface area (Å²) in [5.74, 6) is 0.749. The molecule has 1 saturated heterocycles. The van der Waals surface area contributed by atoms with Crippen LogP contribution in [0.15, 0.2) is 0 Å². The van der Waals surface area contributed by atoms with E-state index in [1.165, 1.54) is 0 Å². The van der Waals surface area contributed by atoms with E-state index in [1.807, 2.05) is 14.1 Å². The number of carbonyl (C=O) groups excluding carboxylic acids is 1. The highest BCUT2D eigenvalue weighted by molar-refractivity contribution is 5.77. The molecule has 0 aromatic heterocycles. The summed E-state index contributed by atoms with van der Waals surface area (Å²) >= 11 is 0. The van der Waals surface area contributed by atoms with E-state index in [-0.39, 0.29) is 5.91 Å². The molecule has 1 fully saturated rings. The molecule has 1 aliphatic heterocycles. The quantitative estimate of drug-likeness (QED) is 0.732. The largest absolute Gasteiger partial charge is 0.348 e. The molecule has 1 rings (SSSR count). The van der Waals surface area contributed by atoms with E-state index in [2.05, 4.69) is 16.7 Å². The highest BCUT2D eigenvalue weighted by atomic mass is 16.2.